The molecular weight excluding hydrogens is 425 g/mol. The van der Waals surface area contributed by atoms with Crippen LogP contribution < -0.4 is 10.3 Å². The third-order valence-corrected chi connectivity index (χ3v) is 5.48. The lowest BCUT2D eigenvalue weighted by molar-refractivity contribution is -0.384. The Bertz CT molecular complexity index is 1300. The molecular formula is C21H16FN3O5S. The fourth-order valence-electron chi connectivity index (χ4n) is 3.10. The number of non-ortho nitro benzene ring substituents is 1. The summed E-state index contributed by atoms with van der Waals surface area (Å²) in [5.74, 6) is -0.128. The van der Waals surface area contributed by atoms with Crippen molar-refractivity contribution in [3.05, 3.63) is 86.5 Å². The Morgan fingerprint density at radius 1 is 1.26 bits per heavy atom. The largest absolute Gasteiger partial charge is 0.491 e. The van der Waals surface area contributed by atoms with Gasteiger partial charge in [-0.05, 0) is 23.8 Å². The molecule has 4 rings (SSSR count). The second kappa shape index (κ2) is 8.62. The van der Waals surface area contributed by atoms with Gasteiger partial charge in [-0.2, -0.15) is 0 Å². The minimum absolute atomic E-state index is 0.0740. The molecule has 8 nitrogen and oxygen atoms in total. The molecule has 0 saturated carbocycles. The van der Waals surface area contributed by atoms with Gasteiger partial charge < -0.3 is 9.84 Å². The van der Waals surface area contributed by atoms with Crippen molar-refractivity contribution >= 4 is 27.2 Å². The molecule has 0 spiro atoms. The van der Waals surface area contributed by atoms with E-state index in [1.54, 1.807) is 23.6 Å². The topological polar surface area (TPSA) is 107 Å². The zero-order chi connectivity index (χ0) is 22.0. The SMILES string of the molecule is O=c1c2c(-c3ccc(F)cc3)csc2ncn1CC(O)COc1cccc([N+](=O)[O-])c1. The molecule has 0 aliphatic carbocycles. The molecule has 158 valence electrons. The molecule has 1 atom stereocenters. The van der Waals surface area contributed by atoms with Crippen LogP contribution in [0.2, 0.25) is 0 Å². The summed E-state index contributed by atoms with van der Waals surface area (Å²) in [4.78, 5) is 28.1. The van der Waals surface area contributed by atoms with E-state index in [1.807, 2.05) is 0 Å². The van der Waals surface area contributed by atoms with Crippen molar-refractivity contribution in [3.63, 3.8) is 0 Å². The monoisotopic (exact) mass is 441 g/mol. The molecule has 1 unspecified atom stereocenters. The minimum Gasteiger partial charge on any atom is -0.491 e. The first kappa shape index (κ1) is 20.6. The van der Waals surface area contributed by atoms with E-state index in [0.29, 0.717) is 21.3 Å². The van der Waals surface area contributed by atoms with Gasteiger partial charge in [0.05, 0.1) is 29.2 Å². The molecule has 4 aromatic rings. The standard InChI is InChI=1S/C21H16FN3O5S/c22-14-6-4-13(5-7-14)18-11-31-20-19(18)21(27)24(12-23-20)9-16(26)10-30-17-3-1-2-15(8-17)25(28)29/h1-8,11-12,16,26H,9-10H2. The molecule has 1 N–H and O–H groups in total. The zero-order valence-corrected chi connectivity index (χ0v) is 16.8. The number of hydrogen-bond donors (Lipinski definition) is 1. The lowest BCUT2D eigenvalue weighted by Gasteiger charge is -2.14. The van der Waals surface area contributed by atoms with E-state index in [4.69, 9.17) is 4.74 Å². The van der Waals surface area contributed by atoms with Gasteiger partial charge in [-0.3, -0.25) is 19.5 Å². The number of fused-ring (bicyclic) bond motifs is 1. The Kier molecular flexibility index (Phi) is 5.74. The Balaban J connectivity index is 1.53. The first-order valence-corrected chi connectivity index (χ1v) is 10.1. The highest BCUT2D eigenvalue weighted by Crippen LogP contribution is 2.30. The van der Waals surface area contributed by atoms with E-state index in [2.05, 4.69) is 4.98 Å². The highest BCUT2D eigenvalue weighted by atomic mass is 32.1. The maximum absolute atomic E-state index is 13.2. The molecule has 0 bridgehead atoms. The van der Waals surface area contributed by atoms with Gasteiger partial charge in [-0.25, -0.2) is 9.37 Å². The van der Waals surface area contributed by atoms with E-state index in [0.717, 1.165) is 0 Å². The fraction of sp³-hybridized carbons (Fsp3) is 0.143. The Morgan fingerprint density at radius 3 is 2.77 bits per heavy atom. The molecule has 31 heavy (non-hydrogen) atoms. The Hall–Kier alpha value is -3.63. The number of rotatable bonds is 7. The van der Waals surface area contributed by atoms with Crippen LogP contribution >= 0.6 is 11.3 Å². The van der Waals surface area contributed by atoms with E-state index < -0.39 is 11.0 Å². The van der Waals surface area contributed by atoms with Crippen LogP contribution in [0.4, 0.5) is 10.1 Å². The predicted octanol–water partition coefficient (Wildman–Crippen LogP) is 3.61. The molecule has 0 radical (unpaired) electrons. The quantitative estimate of drug-likeness (QED) is 0.347. The number of hydrogen-bond acceptors (Lipinski definition) is 7. The third-order valence-electron chi connectivity index (χ3n) is 4.59. The van der Waals surface area contributed by atoms with Crippen molar-refractivity contribution in [1.29, 1.82) is 0 Å². The number of halogens is 1. The summed E-state index contributed by atoms with van der Waals surface area (Å²) in [5, 5.41) is 23.3. The van der Waals surface area contributed by atoms with Crippen molar-refractivity contribution in [2.75, 3.05) is 6.61 Å². The first-order chi connectivity index (χ1) is 14.9. The van der Waals surface area contributed by atoms with Crippen molar-refractivity contribution in [2.45, 2.75) is 12.6 Å². The maximum Gasteiger partial charge on any atom is 0.273 e. The van der Waals surface area contributed by atoms with Crippen LogP contribution in [-0.4, -0.2) is 32.3 Å². The first-order valence-electron chi connectivity index (χ1n) is 9.20. The maximum atomic E-state index is 13.2. The molecule has 0 saturated heterocycles. The van der Waals surface area contributed by atoms with Gasteiger partial charge in [0.2, 0.25) is 0 Å². The summed E-state index contributed by atoms with van der Waals surface area (Å²) in [7, 11) is 0. The lowest BCUT2D eigenvalue weighted by atomic mass is 10.1. The van der Waals surface area contributed by atoms with Gasteiger partial charge in [0, 0.05) is 17.0 Å². The van der Waals surface area contributed by atoms with E-state index in [1.165, 1.54) is 52.6 Å². The summed E-state index contributed by atoms with van der Waals surface area (Å²) in [6, 6.07) is 11.4. The molecule has 0 aliphatic heterocycles. The van der Waals surface area contributed by atoms with Crippen molar-refractivity contribution in [2.24, 2.45) is 0 Å². The van der Waals surface area contributed by atoms with Crippen LogP contribution in [0, 0.1) is 15.9 Å². The number of thiophene rings is 1. The number of benzene rings is 2. The number of aliphatic hydroxyl groups is 1. The Labute approximate surface area is 178 Å². The van der Waals surface area contributed by atoms with Crippen LogP contribution in [-0.2, 0) is 6.54 Å². The average Bonchev–Trinajstić information content (AvgIpc) is 3.20. The number of nitro benzene ring substituents is 1. The summed E-state index contributed by atoms with van der Waals surface area (Å²) in [5.41, 5.74) is 0.886. The molecule has 0 amide bonds. The van der Waals surface area contributed by atoms with Crippen LogP contribution in [0.25, 0.3) is 21.3 Å². The Morgan fingerprint density at radius 2 is 2.03 bits per heavy atom. The predicted molar refractivity (Wildman–Crippen MR) is 114 cm³/mol. The summed E-state index contributed by atoms with van der Waals surface area (Å²) >= 11 is 1.31. The normalized spacial score (nSPS) is 12.1. The molecule has 2 heterocycles. The van der Waals surface area contributed by atoms with E-state index in [-0.39, 0.29) is 36.0 Å². The van der Waals surface area contributed by atoms with Crippen LogP contribution in [0.3, 0.4) is 0 Å². The second-order valence-corrected chi connectivity index (χ2v) is 7.62. The fourth-order valence-corrected chi connectivity index (χ4v) is 4.01. The smallest absolute Gasteiger partial charge is 0.273 e. The van der Waals surface area contributed by atoms with Crippen molar-refractivity contribution in [1.82, 2.24) is 9.55 Å². The number of nitro groups is 1. The van der Waals surface area contributed by atoms with E-state index in [9.17, 15) is 24.4 Å². The van der Waals surface area contributed by atoms with Gasteiger partial charge in [-0.15, -0.1) is 11.3 Å². The van der Waals surface area contributed by atoms with Gasteiger partial charge in [-0.1, -0.05) is 18.2 Å². The molecule has 0 aliphatic rings. The van der Waals surface area contributed by atoms with Crippen LogP contribution in [0.15, 0.2) is 65.0 Å². The molecule has 10 heteroatoms. The number of aliphatic hydroxyl groups excluding tert-OH is 1. The number of nitrogens with zero attached hydrogens (tertiary/aromatic N) is 3. The molecule has 0 fully saturated rings. The number of ether oxygens (including phenoxy) is 1. The van der Waals surface area contributed by atoms with Gasteiger partial charge >= 0.3 is 0 Å². The second-order valence-electron chi connectivity index (χ2n) is 6.76. The van der Waals surface area contributed by atoms with Gasteiger partial charge in [0.25, 0.3) is 11.2 Å². The zero-order valence-electron chi connectivity index (χ0n) is 16.0. The molecule has 2 aromatic carbocycles. The third kappa shape index (κ3) is 4.44. The van der Waals surface area contributed by atoms with Crippen LogP contribution in [0.5, 0.6) is 5.75 Å². The highest BCUT2D eigenvalue weighted by Gasteiger charge is 2.16. The number of aromatic nitrogens is 2. The lowest BCUT2D eigenvalue weighted by Crippen LogP contribution is -2.30. The summed E-state index contributed by atoms with van der Waals surface area (Å²) in [6.45, 7) is -0.241. The van der Waals surface area contributed by atoms with Crippen molar-refractivity contribution in [3.8, 4) is 16.9 Å². The minimum atomic E-state index is -1.05. The highest BCUT2D eigenvalue weighted by molar-refractivity contribution is 7.17. The average molecular weight is 441 g/mol. The van der Waals surface area contributed by atoms with E-state index >= 15 is 0 Å². The summed E-state index contributed by atoms with van der Waals surface area (Å²) < 4.78 is 19.9. The van der Waals surface area contributed by atoms with Gasteiger partial charge in [0.15, 0.2) is 0 Å². The summed E-state index contributed by atoms with van der Waals surface area (Å²) in [6.07, 6.45) is 0.302. The van der Waals surface area contributed by atoms with Gasteiger partial charge in [0.1, 0.15) is 29.1 Å². The van der Waals surface area contributed by atoms with Crippen LogP contribution in [0.1, 0.15) is 0 Å². The molecule has 2 aromatic heterocycles. The van der Waals surface area contributed by atoms with Crippen molar-refractivity contribution < 1.29 is 19.2 Å².